The summed E-state index contributed by atoms with van der Waals surface area (Å²) in [6.45, 7) is -0.464. The Labute approximate surface area is 149 Å². The lowest BCUT2D eigenvalue weighted by Crippen LogP contribution is -2.10. The van der Waals surface area contributed by atoms with E-state index in [4.69, 9.17) is 14.6 Å². The molecule has 7 nitrogen and oxygen atoms in total. The van der Waals surface area contributed by atoms with Crippen LogP contribution in [0.25, 0.3) is 22.7 Å². The summed E-state index contributed by atoms with van der Waals surface area (Å²) in [5.41, 5.74) is 2.68. The maximum Gasteiger partial charge on any atom is 0.341 e. The maximum atomic E-state index is 10.6. The number of aromatic nitrogens is 2. The van der Waals surface area contributed by atoms with Gasteiger partial charge < -0.3 is 19.6 Å². The van der Waals surface area contributed by atoms with Crippen molar-refractivity contribution in [3.05, 3.63) is 53.9 Å². The SMILES string of the molecule is COc1cc(C=C(C#N)c2nc3ccccc3[nH]2)ccc1OCC(=O)O. The zero-order chi connectivity index (χ0) is 18.5. The van der Waals surface area contributed by atoms with Gasteiger partial charge in [0.25, 0.3) is 0 Å². The Morgan fingerprint density at radius 1 is 1.31 bits per heavy atom. The van der Waals surface area contributed by atoms with Gasteiger partial charge in [0.05, 0.1) is 23.7 Å². The van der Waals surface area contributed by atoms with Crippen molar-refractivity contribution in [2.45, 2.75) is 0 Å². The van der Waals surface area contributed by atoms with Crippen LogP contribution in [0.1, 0.15) is 11.4 Å². The first-order valence-corrected chi connectivity index (χ1v) is 7.70. The van der Waals surface area contributed by atoms with Gasteiger partial charge in [0.15, 0.2) is 18.1 Å². The smallest absolute Gasteiger partial charge is 0.341 e. The molecule has 130 valence electrons. The molecule has 0 saturated heterocycles. The molecule has 0 spiro atoms. The molecule has 0 saturated carbocycles. The van der Waals surface area contributed by atoms with Crippen molar-refractivity contribution in [1.82, 2.24) is 9.97 Å². The number of aliphatic carboxylic acids is 1. The molecule has 2 aromatic carbocycles. The highest BCUT2D eigenvalue weighted by molar-refractivity contribution is 5.90. The molecule has 0 aliphatic rings. The Kier molecular flexibility index (Phi) is 4.85. The van der Waals surface area contributed by atoms with Crippen LogP contribution in [-0.4, -0.2) is 34.8 Å². The molecule has 1 heterocycles. The molecule has 0 bridgehead atoms. The Hall–Kier alpha value is -3.79. The third kappa shape index (κ3) is 3.65. The minimum atomic E-state index is -1.08. The molecular weight excluding hydrogens is 334 g/mol. The van der Waals surface area contributed by atoms with Gasteiger partial charge in [-0.25, -0.2) is 9.78 Å². The number of imidazole rings is 1. The first-order valence-electron chi connectivity index (χ1n) is 7.70. The van der Waals surface area contributed by atoms with Crippen molar-refractivity contribution in [3.63, 3.8) is 0 Å². The Morgan fingerprint density at radius 2 is 2.12 bits per heavy atom. The number of para-hydroxylation sites is 2. The van der Waals surface area contributed by atoms with Crippen LogP contribution in [0, 0.1) is 11.3 Å². The third-order valence-electron chi connectivity index (χ3n) is 3.61. The van der Waals surface area contributed by atoms with Crippen molar-refractivity contribution in [3.8, 4) is 17.6 Å². The number of nitriles is 1. The van der Waals surface area contributed by atoms with Crippen LogP contribution >= 0.6 is 0 Å². The first kappa shape index (κ1) is 17.0. The normalized spacial score (nSPS) is 11.2. The van der Waals surface area contributed by atoms with E-state index in [1.807, 2.05) is 24.3 Å². The average Bonchev–Trinajstić information content (AvgIpc) is 3.08. The van der Waals surface area contributed by atoms with E-state index >= 15 is 0 Å². The van der Waals surface area contributed by atoms with E-state index in [1.54, 1.807) is 24.3 Å². The first-order chi connectivity index (χ1) is 12.6. The fourth-order valence-corrected chi connectivity index (χ4v) is 2.43. The lowest BCUT2D eigenvalue weighted by molar-refractivity contribution is -0.139. The van der Waals surface area contributed by atoms with E-state index in [9.17, 15) is 10.1 Å². The number of hydrogen-bond donors (Lipinski definition) is 2. The summed E-state index contributed by atoms with van der Waals surface area (Å²) in [5.74, 6) is 0.0859. The number of hydrogen-bond acceptors (Lipinski definition) is 5. The second kappa shape index (κ2) is 7.40. The minimum absolute atomic E-state index is 0.314. The van der Waals surface area contributed by atoms with Crippen molar-refractivity contribution >= 4 is 28.7 Å². The average molecular weight is 349 g/mol. The summed E-state index contributed by atoms with van der Waals surface area (Å²) in [7, 11) is 1.46. The van der Waals surface area contributed by atoms with Gasteiger partial charge in [0.2, 0.25) is 0 Å². The Balaban J connectivity index is 1.93. The van der Waals surface area contributed by atoms with Crippen molar-refractivity contribution in [2.75, 3.05) is 13.7 Å². The number of nitrogens with zero attached hydrogens (tertiary/aromatic N) is 2. The van der Waals surface area contributed by atoms with Crippen LogP contribution in [0.5, 0.6) is 11.5 Å². The molecule has 2 N–H and O–H groups in total. The van der Waals surface area contributed by atoms with Gasteiger partial charge in [0, 0.05) is 0 Å². The summed E-state index contributed by atoms with van der Waals surface area (Å²) in [6.07, 6.45) is 1.67. The number of rotatable bonds is 6. The summed E-state index contributed by atoms with van der Waals surface area (Å²) in [5, 5.41) is 18.2. The van der Waals surface area contributed by atoms with Gasteiger partial charge in [-0.2, -0.15) is 5.26 Å². The number of carboxylic acids is 1. The highest BCUT2D eigenvalue weighted by atomic mass is 16.5. The maximum absolute atomic E-state index is 10.6. The van der Waals surface area contributed by atoms with E-state index in [-0.39, 0.29) is 0 Å². The predicted molar refractivity (Wildman–Crippen MR) is 95.7 cm³/mol. The predicted octanol–water partition coefficient (Wildman–Crippen LogP) is 3.10. The van der Waals surface area contributed by atoms with Gasteiger partial charge in [-0.15, -0.1) is 0 Å². The molecular formula is C19H15N3O4. The zero-order valence-corrected chi connectivity index (χ0v) is 13.9. The number of aromatic amines is 1. The molecule has 0 radical (unpaired) electrons. The Morgan fingerprint density at radius 3 is 2.81 bits per heavy atom. The molecule has 0 fully saturated rings. The standard InChI is InChI=1S/C19H15N3O4/c1-25-17-9-12(6-7-16(17)26-11-18(23)24)8-13(10-20)19-21-14-4-2-3-5-15(14)22-19/h2-9H,11H2,1H3,(H,21,22)(H,23,24). The summed E-state index contributed by atoms with van der Waals surface area (Å²) < 4.78 is 10.4. The van der Waals surface area contributed by atoms with Crippen LogP contribution in [-0.2, 0) is 4.79 Å². The van der Waals surface area contributed by atoms with E-state index in [2.05, 4.69) is 16.0 Å². The molecule has 7 heteroatoms. The second-order valence-electron chi connectivity index (χ2n) is 5.37. The van der Waals surface area contributed by atoms with Crippen molar-refractivity contribution in [1.29, 1.82) is 5.26 Å². The quantitative estimate of drug-likeness (QED) is 0.662. The number of fused-ring (bicyclic) bond motifs is 1. The molecule has 1 aromatic heterocycles. The van der Waals surface area contributed by atoms with E-state index in [1.165, 1.54) is 7.11 Å². The molecule has 0 atom stereocenters. The molecule has 0 aliphatic heterocycles. The number of allylic oxidation sites excluding steroid dienone is 1. The minimum Gasteiger partial charge on any atom is -0.493 e. The van der Waals surface area contributed by atoms with E-state index < -0.39 is 12.6 Å². The van der Waals surface area contributed by atoms with Gasteiger partial charge in [-0.05, 0) is 35.9 Å². The number of carboxylic acid groups (broad SMARTS) is 1. The number of carbonyl (C=O) groups is 1. The van der Waals surface area contributed by atoms with Crippen molar-refractivity contribution in [2.24, 2.45) is 0 Å². The zero-order valence-electron chi connectivity index (χ0n) is 13.9. The van der Waals surface area contributed by atoms with Gasteiger partial charge in [0.1, 0.15) is 11.9 Å². The molecule has 3 aromatic rings. The number of methoxy groups -OCH3 is 1. The van der Waals surface area contributed by atoms with Gasteiger partial charge in [-0.1, -0.05) is 18.2 Å². The van der Waals surface area contributed by atoms with Gasteiger partial charge in [-0.3, -0.25) is 0 Å². The summed E-state index contributed by atoms with van der Waals surface area (Å²) in [4.78, 5) is 18.2. The van der Waals surface area contributed by atoms with Crippen LogP contribution in [0.3, 0.4) is 0 Å². The van der Waals surface area contributed by atoms with E-state index in [0.29, 0.717) is 28.5 Å². The topological polar surface area (TPSA) is 108 Å². The lowest BCUT2D eigenvalue weighted by Gasteiger charge is -2.09. The highest BCUT2D eigenvalue weighted by Gasteiger charge is 2.10. The van der Waals surface area contributed by atoms with Gasteiger partial charge >= 0.3 is 5.97 Å². The van der Waals surface area contributed by atoms with Crippen LogP contribution in [0.4, 0.5) is 0 Å². The number of nitrogens with one attached hydrogen (secondary N) is 1. The summed E-state index contributed by atoms with van der Waals surface area (Å²) >= 11 is 0. The van der Waals surface area contributed by atoms with Crippen LogP contribution < -0.4 is 9.47 Å². The molecule has 0 amide bonds. The number of ether oxygens (including phenoxy) is 2. The largest absolute Gasteiger partial charge is 0.493 e. The molecule has 0 aliphatic carbocycles. The fraction of sp³-hybridized carbons (Fsp3) is 0.105. The van der Waals surface area contributed by atoms with E-state index in [0.717, 1.165) is 11.0 Å². The lowest BCUT2D eigenvalue weighted by atomic mass is 10.1. The monoisotopic (exact) mass is 349 g/mol. The third-order valence-corrected chi connectivity index (χ3v) is 3.61. The second-order valence-corrected chi connectivity index (χ2v) is 5.37. The molecule has 26 heavy (non-hydrogen) atoms. The highest BCUT2D eigenvalue weighted by Crippen LogP contribution is 2.29. The number of benzene rings is 2. The van der Waals surface area contributed by atoms with Crippen molar-refractivity contribution < 1.29 is 19.4 Å². The van der Waals surface area contributed by atoms with Crippen LogP contribution in [0.2, 0.25) is 0 Å². The summed E-state index contributed by atoms with van der Waals surface area (Å²) in [6, 6.07) is 14.6. The number of H-pyrrole nitrogens is 1. The molecule has 0 unspecified atom stereocenters. The van der Waals surface area contributed by atoms with Crippen LogP contribution in [0.15, 0.2) is 42.5 Å². The fourth-order valence-electron chi connectivity index (χ4n) is 2.43. The molecule has 3 rings (SSSR count). The Bertz CT molecular complexity index is 998.